The van der Waals surface area contributed by atoms with Gasteiger partial charge in [0.1, 0.15) is 5.60 Å². The summed E-state index contributed by atoms with van der Waals surface area (Å²) in [6.07, 6.45) is 0.563. The van der Waals surface area contributed by atoms with Crippen LogP contribution < -0.4 is 0 Å². The molecule has 0 rings (SSSR count). The first kappa shape index (κ1) is 10.6. The minimum atomic E-state index is -0.910. The molecule has 0 radical (unpaired) electrons. The summed E-state index contributed by atoms with van der Waals surface area (Å²) < 4.78 is 0. The van der Waals surface area contributed by atoms with Gasteiger partial charge in [0, 0.05) is 12.3 Å². The zero-order valence-corrected chi connectivity index (χ0v) is 7.70. The molecule has 1 nitrogen and oxygen atoms in total. The maximum Gasteiger partial charge on any atom is 0.119 e. The summed E-state index contributed by atoms with van der Waals surface area (Å²) in [7, 11) is 0. The quantitative estimate of drug-likeness (QED) is 0.384. The average Bonchev–Trinajstić information content (AvgIpc) is 1.85. The largest absolute Gasteiger partial charge is 0.378 e. The minimum Gasteiger partial charge on any atom is -0.378 e. The fourth-order valence-corrected chi connectivity index (χ4v) is 0.527. The predicted molar refractivity (Wildman–Crippen MR) is 48.6 cm³/mol. The molecule has 0 unspecified atom stereocenters. The molecule has 0 aliphatic rings. The Kier molecular flexibility index (Phi) is 4.25. The van der Waals surface area contributed by atoms with Gasteiger partial charge in [-0.2, -0.15) is 0 Å². The molecule has 0 spiro atoms. The van der Waals surface area contributed by atoms with E-state index >= 15 is 0 Å². The van der Waals surface area contributed by atoms with Gasteiger partial charge in [-0.25, -0.2) is 0 Å². The highest BCUT2D eigenvalue weighted by Gasteiger charge is 2.04. The standard InChI is InChI=1S/C9H13ClO/c1-8(7-10)5-4-6-9(2,3)11/h11H,1,5,7H2,2-3H3. The van der Waals surface area contributed by atoms with Crippen molar-refractivity contribution in [1.82, 2.24) is 0 Å². The van der Waals surface area contributed by atoms with Gasteiger partial charge in [-0.15, -0.1) is 11.6 Å². The third-order valence-corrected chi connectivity index (χ3v) is 1.30. The van der Waals surface area contributed by atoms with Crippen LogP contribution in [0.1, 0.15) is 20.3 Å². The molecule has 62 valence electrons. The van der Waals surface area contributed by atoms with Crippen molar-refractivity contribution in [2.45, 2.75) is 25.9 Å². The molecule has 0 fully saturated rings. The molecular weight excluding hydrogens is 160 g/mol. The molecule has 1 N–H and O–H groups in total. The summed E-state index contributed by atoms with van der Waals surface area (Å²) in [5.41, 5.74) is -0.0320. The Morgan fingerprint density at radius 1 is 1.64 bits per heavy atom. The first-order valence-electron chi connectivity index (χ1n) is 3.41. The Hall–Kier alpha value is -0.450. The van der Waals surface area contributed by atoms with E-state index in [0.717, 1.165) is 5.57 Å². The van der Waals surface area contributed by atoms with Crippen molar-refractivity contribution < 1.29 is 5.11 Å². The molecule has 0 aromatic heterocycles. The van der Waals surface area contributed by atoms with Crippen molar-refractivity contribution >= 4 is 11.6 Å². The van der Waals surface area contributed by atoms with Crippen molar-refractivity contribution in [2.75, 3.05) is 5.88 Å². The molecule has 0 saturated heterocycles. The Balaban J connectivity index is 3.83. The lowest BCUT2D eigenvalue weighted by molar-refractivity contribution is 0.143. The van der Waals surface area contributed by atoms with Crippen LogP contribution in [0.15, 0.2) is 12.2 Å². The van der Waals surface area contributed by atoms with Crippen molar-refractivity contribution in [1.29, 1.82) is 0 Å². The molecule has 11 heavy (non-hydrogen) atoms. The Bertz CT molecular complexity index is 190. The van der Waals surface area contributed by atoms with Crippen LogP contribution >= 0.6 is 11.6 Å². The van der Waals surface area contributed by atoms with Crippen LogP contribution in [0.4, 0.5) is 0 Å². The van der Waals surface area contributed by atoms with Crippen LogP contribution in [0.3, 0.4) is 0 Å². The summed E-state index contributed by atoms with van der Waals surface area (Å²) in [4.78, 5) is 0. The van der Waals surface area contributed by atoms with Crippen molar-refractivity contribution in [2.24, 2.45) is 0 Å². The van der Waals surface area contributed by atoms with Crippen LogP contribution in [-0.4, -0.2) is 16.6 Å². The average molecular weight is 173 g/mol. The number of allylic oxidation sites excluding steroid dienone is 1. The molecule has 0 atom stereocenters. The molecule has 0 aromatic carbocycles. The number of hydrogen-bond donors (Lipinski definition) is 1. The van der Waals surface area contributed by atoms with Gasteiger partial charge in [0.25, 0.3) is 0 Å². The van der Waals surface area contributed by atoms with E-state index in [9.17, 15) is 0 Å². The van der Waals surface area contributed by atoms with Crippen LogP contribution in [0, 0.1) is 11.8 Å². The fraction of sp³-hybridized carbons (Fsp3) is 0.556. The molecule has 0 bridgehead atoms. The number of rotatable bonds is 2. The van der Waals surface area contributed by atoms with Crippen LogP contribution in [-0.2, 0) is 0 Å². The SMILES string of the molecule is C=C(CCl)CC#CC(C)(C)O. The van der Waals surface area contributed by atoms with Gasteiger partial charge < -0.3 is 5.11 Å². The second-order valence-corrected chi connectivity index (χ2v) is 3.19. The van der Waals surface area contributed by atoms with E-state index in [0.29, 0.717) is 12.3 Å². The third kappa shape index (κ3) is 7.45. The zero-order chi connectivity index (χ0) is 8.91. The van der Waals surface area contributed by atoms with Crippen molar-refractivity contribution in [3.63, 3.8) is 0 Å². The second kappa shape index (κ2) is 4.43. The van der Waals surface area contributed by atoms with Crippen molar-refractivity contribution in [3.8, 4) is 11.8 Å². The summed E-state index contributed by atoms with van der Waals surface area (Å²) in [6, 6.07) is 0. The van der Waals surface area contributed by atoms with Gasteiger partial charge in [-0.3, -0.25) is 0 Å². The van der Waals surface area contributed by atoms with Gasteiger partial charge >= 0.3 is 0 Å². The maximum absolute atomic E-state index is 9.17. The lowest BCUT2D eigenvalue weighted by atomic mass is 10.1. The molecule has 0 saturated carbocycles. The van der Waals surface area contributed by atoms with Gasteiger partial charge in [0.2, 0.25) is 0 Å². The van der Waals surface area contributed by atoms with E-state index < -0.39 is 5.60 Å². The van der Waals surface area contributed by atoms with E-state index in [1.165, 1.54) is 0 Å². The number of alkyl halides is 1. The van der Waals surface area contributed by atoms with Crippen molar-refractivity contribution in [3.05, 3.63) is 12.2 Å². The van der Waals surface area contributed by atoms with Crippen LogP contribution in [0.2, 0.25) is 0 Å². The molecular formula is C9H13ClO. The number of halogens is 1. The van der Waals surface area contributed by atoms with E-state index in [-0.39, 0.29) is 0 Å². The maximum atomic E-state index is 9.17. The first-order chi connectivity index (χ1) is 4.95. The summed E-state index contributed by atoms with van der Waals surface area (Å²) >= 11 is 5.47. The third-order valence-electron chi connectivity index (χ3n) is 0.922. The molecule has 2 heteroatoms. The molecule has 0 amide bonds. The highest BCUT2D eigenvalue weighted by Crippen LogP contribution is 2.01. The molecule has 0 aliphatic heterocycles. The Labute approximate surface area is 73.1 Å². The fourth-order valence-electron chi connectivity index (χ4n) is 0.433. The lowest BCUT2D eigenvalue weighted by Crippen LogP contribution is -2.14. The topological polar surface area (TPSA) is 20.2 Å². The van der Waals surface area contributed by atoms with Crippen LogP contribution in [0.25, 0.3) is 0 Å². The predicted octanol–water partition coefficient (Wildman–Crippen LogP) is 1.95. The smallest absolute Gasteiger partial charge is 0.119 e. The Morgan fingerprint density at radius 3 is 2.55 bits per heavy atom. The number of aliphatic hydroxyl groups is 1. The van der Waals surface area contributed by atoms with E-state index in [2.05, 4.69) is 18.4 Å². The summed E-state index contributed by atoms with van der Waals surface area (Å²) in [5.74, 6) is 5.90. The van der Waals surface area contributed by atoms with Gasteiger partial charge in [0.05, 0.1) is 0 Å². The molecule has 0 aliphatic carbocycles. The normalized spacial score (nSPS) is 10.2. The monoisotopic (exact) mass is 172 g/mol. The minimum absolute atomic E-state index is 0.431. The molecule has 0 heterocycles. The highest BCUT2D eigenvalue weighted by atomic mass is 35.5. The summed E-state index contributed by atoms with van der Waals surface area (Å²) in [6.45, 7) is 6.96. The van der Waals surface area contributed by atoms with Crippen LogP contribution in [0.5, 0.6) is 0 Å². The van der Waals surface area contributed by atoms with Gasteiger partial charge in [-0.1, -0.05) is 24.0 Å². The second-order valence-electron chi connectivity index (χ2n) is 2.92. The summed E-state index contributed by atoms with van der Waals surface area (Å²) in [5, 5.41) is 9.17. The highest BCUT2D eigenvalue weighted by molar-refractivity contribution is 6.19. The van der Waals surface area contributed by atoms with Gasteiger partial charge in [-0.05, 0) is 13.8 Å². The first-order valence-corrected chi connectivity index (χ1v) is 3.94. The Morgan fingerprint density at radius 2 is 2.18 bits per heavy atom. The number of hydrogen-bond acceptors (Lipinski definition) is 1. The zero-order valence-electron chi connectivity index (χ0n) is 6.95. The lowest BCUT2D eigenvalue weighted by Gasteiger charge is -2.05. The van der Waals surface area contributed by atoms with E-state index in [4.69, 9.17) is 16.7 Å². The molecule has 0 aromatic rings. The van der Waals surface area contributed by atoms with E-state index in [1.54, 1.807) is 13.8 Å². The van der Waals surface area contributed by atoms with E-state index in [1.807, 2.05) is 0 Å². The van der Waals surface area contributed by atoms with Gasteiger partial charge in [0.15, 0.2) is 0 Å².